The van der Waals surface area contributed by atoms with Gasteiger partial charge in [0, 0.05) is 19.2 Å². The fourth-order valence-electron chi connectivity index (χ4n) is 2.02. The first kappa shape index (κ1) is 12.9. The van der Waals surface area contributed by atoms with Crippen LogP contribution in [0.1, 0.15) is 46.5 Å². The highest BCUT2D eigenvalue weighted by Gasteiger charge is 2.25. The summed E-state index contributed by atoms with van der Waals surface area (Å²) in [5, 5.41) is 13.6. The molecular weight excluding hydrogens is 190 g/mol. The lowest BCUT2D eigenvalue weighted by Gasteiger charge is -2.32. The van der Waals surface area contributed by atoms with Crippen molar-refractivity contribution in [3.8, 4) is 0 Å². The maximum Gasteiger partial charge on any atom is 0.0766 e. The summed E-state index contributed by atoms with van der Waals surface area (Å²) in [6, 6.07) is 0.512. The Hall–Kier alpha value is -0.120. The van der Waals surface area contributed by atoms with Crippen molar-refractivity contribution in [3.05, 3.63) is 0 Å². The van der Waals surface area contributed by atoms with Crippen LogP contribution in [0.15, 0.2) is 0 Å². The number of hydrogen-bond donors (Lipinski definition) is 2. The van der Waals surface area contributed by atoms with Crippen LogP contribution in [0.5, 0.6) is 0 Å². The van der Waals surface area contributed by atoms with E-state index in [1.165, 1.54) is 0 Å². The number of hydrogen-bond acceptors (Lipinski definition) is 3. The van der Waals surface area contributed by atoms with Gasteiger partial charge in [-0.1, -0.05) is 13.8 Å². The first-order valence-corrected chi connectivity index (χ1v) is 6.17. The van der Waals surface area contributed by atoms with Gasteiger partial charge in [-0.15, -0.1) is 0 Å². The monoisotopic (exact) mass is 215 g/mol. The van der Waals surface area contributed by atoms with Crippen molar-refractivity contribution < 1.29 is 9.84 Å². The van der Waals surface area contributed by atoms with E-state index in [1.54, 1.807) is 0 Å². The molecule has 1 fully saturated rings. The van der Waals surface area contributed by atoms with Crippen LogP contribution in [0.2, 0.25) is 0 Å². The maximum absolute atomic E-state index is 10.1. The molecule has 2 unspecified atom stereocenters. The van der Waals surface area contributed by atoms with Crippen LogP contribution in [0.3, 0.4) is 0 Å². The molecule has 1 aliphatic heterocycles. The van der Waals surface area contributed by atoms with Crippen molar-refractivity contribution in [2.24, 2.45) is 0 Å². The summed E-state index contributed by atoms with van der Waals surface area (Å²) in [4.78, 5) is 0. The van der Waals surface area contributed by atoms with Gasteiger partial charge in [0.2, 0.25) is 0 Å². The molecule has 0 aliphatic carbocycles. The lowest BCUT2D eigenvalue weighted by Crippen LogP contribution is -2.46. The third-order valence-electron chi connectivity index (χ3n) is 3.52. The molecule has 0 amide bonds. The smallest absolute Gasteiger partial charge is 0.0766 e. The second kappa shape index (κ2) is 5.83. The zero-order chi connectivity index (χ0) is 11.3. The maximum atomic E-state index is 10.1. The Morgan fingerprint density at radius 1 is 1.40 bits per heavy atom. The first-order valence-electron chi connectivity index (χ1n) is 6.17. The second-order valence-electron chi connectivity index (χ2n) is 4.72. The normalized spacial score (nSPS) is 28.0. The van der Waals surface area contributed by atoms with E-state index in [2.05, 4.69) is 12.2 Å². The van der Waals surface area contributed by atoms with Crippen LogP contribution in [0, 0.1) is 0 Å². The van der Waals surface area contributed by atoms with Crippen molar-refractivity contribution in [1.29, 1.82) is 0 Å². The minimum absolute atomic E-state index is 0.354. The molecule has 90 valence electrons. The van der Waals surface area contributed by atoms with E-state index in [4.69, 9.17) is 4.74 Å². The zero-order valence-electron chi connectivity index (χ0n) is 10.3. The molecule has 3 heteroatoms. The fraction of sp³-hybridized carbons (Fsp3) is 1.00. The Morgan fingerprint density at radius 2 is 2.07 bits per heavy atom. The van der Waals surface area contributed by atoms with Gasteiger partial charge in [-0.3, -0.25) is 0 Å². The van der Waals surface area contributed by atoms with Crippen LogP contribution >= 0.6 is 0 Å². The van der Waals surface area contributed by atoms with Gasteiger partial charge in [0.05, 0.1) is 11.7 Å². The predicted molar refractivity (Wildman–Crippen MR) is 62.0 cm³/mol. The van der Waals surface area contributed by atoms with Crippen LogP contribution in [0.4, 0.5) is 0 Å². The number of ether oxygens (including phenoxy) is 1. The molecule has 3 nitrogen and oxygen atoms in total. The van der Waals surface area contributed by atoms with E-state index < -0.39 is 5.60 Å². The van der Waals surface area contributed by atoms with E-state index in [9.17, 15) is 5.11 Å². The van der Waals surface area contributed by atoms with E-state index in [-0.39, 0.29) is 0 Å². The average Bonchev–Trinajstić information content (AvgIpc) is 2.26. The molecular formula is C12H25NO2. The molecule has 0 saturated carbocycles. The summed E-state index contributed by atoms with van der Waals surface area (Å²) in [6.07, 6.45) is 4.11. The van der Waals surface area contributed by atoms with Crippen LogP contribution < -0.4 is 5.32 Å². The molecule has 15 heavy (non-hydrogen) atoms. The highest BCUT2D eigenvalue weighted by Crippen LogP contribution is 2.17. The van der Waals surface area contributed by atoms with Gasteiger partial charge in [0.1, 0.15) is 0 Å². The minimum atomic E-state index is -0.526. The topological polar surface area (TPSA) is 41.5 Å². The Bertz CT molecular complexity index is 180. The van der Waals surface area contributed by atoms with Gasteiger partial charge in [0.15, 0.2) is 0 Å². The molecule has 0 spiro atoms. The highest BCUT2D eigenvalue weighted by atomic mass is 16.5. The average molecular weight is 215 g/mol. The van der Waals surface area contributed by atoms with E-state index in [0.29, 0.717) is 18.7 Å². The van der Waals surface area contributed by atoms with Gasteiger partial charge in [0.25, 0.3) is 0 Å². The SMILES string of the molecule is CCC(O)(CC)CNC1CCOC(C)C1. The largest absolute Gasteiger partial charge is 0.389 e. The predicted octanol–water partition coefficient (Wildman–Crippen LogP) is 1.69. The van der Waals surface area contributed by atoms with E-state index >= 15 is 0 Å². The summed E-state index contributed by atoms with van der Waals surface area (Å²) >= 11 is 0. The summed E-state index contributed by atoms with van der Waals surface area (Å²) < 4.78 is 5.49. The molecule has 2 atom stereocenters. The number of aliphatic hydroxyl groups is 1. The number of rotatable bonds is 5. The summed E-state index contributed by atoms with van der Waals surface area (Å²) in [7, 11) is 0. The molecule has 1 rings (SSSR count). The third kappa shape index (κ3) is 4.09. The molecule has 1 aliphatic rings. The third-order valence-corrected chi connectivity index (χ3v) is 3.52. The fourth-order valence-corrected chi connectivity index (χ4v) is 2.02. The summed E-state index contributed by atoms with van der Waals surface area (Å²) in [6.45, 7) is 7.74. The van der Waals surface area contributed by atoms with Gasteiger partial charge in [-0.2, -0.15) is 0 Å². The van der Waals surface area contributed by atoms with E-state index in [0.717, 1.165) is 32.3 Å². The Kier molecular flexibility index (Phi) is 5.03. The van der Waals surface area contributed by atoms with Crippen LogP contribution in [0.25, 0.3) is 0 Å². The Morgan fingerprint density at radius 3 is 2.60 bits per heavy atom. The van der Waals surface area contributed by atoms with Crippen molar-refractivity contribution in [2.45, 2.75) is 64.2 Å². The first-order chi connectivity index (χ1) is 7.09. The van der Waals surface area contributed by atoms with Gasteiger partial charge in [-0.05, 0) is 32.6 Å². The zero-order valence-corrected chi connectivity index (χ0v) is 10.3. The van der Waals surface area contributed by atoms with Gasteiger partial charge < -0.3 is 15.2 Å². The summed E-state index contributed by atoms with van der Waals surface area (Å²) in [5.74, 6) is 0. The van der Waals surface area contributed by atoms with Crippen molar-refractivity contribution in [1.82, 2.24) is 5.32 Å². The number of nitrogens with one attached hydrogen (secondary N) is 1. The van der Waals surface area contributed by atoms with Crippen molar-refractivity contribution in [2.75, 3.05) is 13.2 Å². The quantitative estimate of drug-likeness (QED) is 0.733. The van der Waals surface area contributed by atoms with Gasteiger partial charge >= 0.3 is 0 Å². The molecule has 1 heterocycles. The van der Waals surface area contributed by atoms with Gasteiger partial charge in [-0.25, -0.2) is 0 Å². The lowest BCUT2D eigenvalue weighted by atomic mass is 9.96. The summed E-state index contributed by atoms with van der Waals surface area (Å²) in [5.41, 5.74) is -0.526. The molecule has 0 radical (unpaired) electrons. The minimum Gasteiger partial charge on any atom is -0.389 e. The standard InChI is InChI=1S/C12H25NO2/c1-4-12(14,5-2)9-13-11-6-7-15-10(3)8-11/h10-11,13-14H,4-9H2,1-3H3. The molecule has 0 aromatic heterocycles. The molecule has 0 bridgehead atoms. The van der Waals surface area contributed by atoms with Crippen molar-refractivity contribution in [3.63, 3.8) is 0 Å². The second-order valence-corrected chi connectivity index (χ2v) is 4.72. The highest BCUT2D eigenvalue weighted by molar-refractivity contribution is 4.82. The van der Waals surface area contributed by atoms with E-state index in [1.807, 2.05) is 13.8 Å². The Labute approximate surface area is 93.2 Å². The Balaban J connectivity index is 2.29. The van der Waals surface area contributed by atoms with Crippen LogP contribution in [-0.4, -0.2) is 36.0 Å². The molecule has 0 aromatic carbocycles. The molecule has 2 N–H and O–H groups in total. The molecule has 0 aromatic rings. The van der Waals surface area contributed by atoms with Crippen molar-refractivity contribution >= 4 is 0 Å². The lowest BCUT2D eigenvalue weighted by molar-refractivity contribution is -0.00255. The molecule has 1 saturated heterocycles. The van der Waals surface area contributed by atoms with Crippen LogP contribution in [-0.2, 0) is 4.74 Å².